The molecule has 2 unspecified atom stereocenters. The van der Waals surface area contributed by atoms with Crippen molar-refractivity contribution in [1.82, 2.24) is 39.2 Å². The fraction of sp³-hybridized carbons (Fsp3) is 0.280. The highest BCUT2D eigenvalue weighted by molar-refractivity contribution is 5.71. The lowest BCUT2D eigenvalue weighted by Crippen LogP contribution is -2.22. The maximum absolute atomic E-state index is 9.71. The molecule has 4 aromatic heterocycles. The number of fused-ring (bicyclic) bond motifs is 2. The van der Waals surface area contributed by atoms with Crippen LogP contribution in [0.1, 0.15) is 95.1 Å². The molecule has 8 rings (SSSR count). The van der Waals surface area contributed by atoms with Gasteiger partial charge in [0.15, 0.2) is 0 Å². The van der Waals surface area contributed by atoms with Crippen molar-refractivity contribution in [2.24, 2.45) is 0 Å². The highest BCUT2D eigenvalue weighted by Gasteiger charge is 2.27. The molecule has 0 N–H and O–H groups in total. The van der Waals surface area contributed by atoms with Gasteiger partial charge in [-0.15, -0.1) is 0 Å². The molecule has 0 aliphatic rings. The van der Waals surface area contributed by atoms with Crippen molar-refractivity contribution in [3.05, 3.63) is 166 Å². The molecule has 13 heteroatoms. The van der Waals surface area contributed by atoms with Gasteiger partial charge in [0.1, 0.15) is 24.9 Å². The van der Waals surface area contributed by atoms with Crippen LogP contribution in [-0.2, 0) is 39.9 Å². The molecule has 0 radical (unpaired) electrons. The molecule has 63 heavy (non-hydrogen) atoms. The number of hydrogen-bond acceptors (Lipinski definition) is 11. The van der Waals surface area contributed by atoms with Gasteiger partial charge in [-0.3, -0.25) is 0 Å². The van der Waals surface area contributed by atoms with E-state index in [0.717, 1.165) is 93.0 Å². The Morgan fingerprint density at radius 2 is 0.984 bits per heavy atom. The molecule has 2 atom stereocenters. The van der Waals surface area contributed by atoms with Gasteiger partial charge in [0.25, 0.3) is 11.6 Å². The van der Waals surface area contributed by atoms with E-state index in [1.54, 1.807) is 14.2 Å². The Balaban J connectivity index is 1.08. The summed E-state index contributed by atoms with van der Waals surface area (Å²) >= 11 is 0. The molecule has 0 amide bonds. The summed E-state index contributed by atoms with van der Waals surface area (Å²) in [4.78, 5) is 19.1. The van der Waals surface area contributed by atoms with Gasteiger partial charge in [0, 0.05) is 38.2 Å². The van der Waals surface area contributed by atoms with Crippen molar-refractivity contribution in [2.45, 2.75) is 64.6 Å². The van der Waals surface area contributed by atoms with E-state index < -0.39 is 12.2 Å². The zero-order chi connectivity index (χ0) is 43.7. The first kappa shape index (κ1) is 42.5. The Morgan fingerprint density at radius 3 is 1.37 bits per heavy atom. The summed E-state index contributed by atoms with van der Waals surface area (Å²) in [6.07, 6.45) is 6.44. The topological polar surface area (TPSA) is 161 Å². The van der Waals surface area contributed by atoms with Crippen molar-refractivity contribution in [3.63, 3.8) is 0 Å². The number of rotatable bonds is 18. The Morgan fingerprint density at radius 1 is 0.571 bits per heavy atom. The van der Waals surface area contributed by atoms with Crippen LogP contribution in [0.5, 0.6) is 0 Å². The Kier molecular flexibility index (Phi) is 13.3. The lowest BCUT2D eigenvalue weighted by molar-refractivity contribution is -0.0395. The minimum Gasteiger partial charge on any atom is -0.375 e. The second-order valence-electron chi connectivity index (χ2n) is 15.3. The molecule has 4 aromatic carbocycles. The van der Waals surface area contributed by atoms with Crippen molar-refractivity contribution in [2.75, 3.05) is 27.4 Å². The van der Waals surface area contributed by atoms with E-state index in [1.165, 1.54) is 12.7 Å². The van der Waals surface area contributed by atoms with Crippen LogP contribution in [-0.4, -0.2) is 66.6 Å². The number of aromatic nitrogens is 8. The first-order chi connectivity index (χ1) is 31.0. The van der Waals surface area contributed by atoms with Gasteiger partial charge < -0.3 is 14.2 Å². The van der Waals surface area contributed by atoms with Gasteiger partial charge in [-0.25, -0.2) is 19.0 Å². The third-order valence-electron chi connectivity index (χ3n) is 11.4. The van der Waals surface area contributed by atoms with E-state index >= 15 is 0 Å². The van der Waals surface area contributed by atoms with Crippen LogP contribution in [0.15, 0.2) is 110 Å². The molecule has 0 saturated heterocycles. The summed E-state index contributed by atoms with van der Waals surface area (Å²) in [6, 6.07) is 36.5. The van der Waals surface area contributed by atoms with Crippen LogP contribution < -0.4 is 0 Å². The maximum atomic E-state index is 9.71. The maximum Gasteiger partial charge on any atom is 0.252 e. The zero-order valence-electron chi connectivity index (χ0n) is 35.9. The monoisotopic (exact) mass is 836 g/mol. The lowest BCUT2D eigenvalue weighted by Gasteiger charge is -2.24. The van der Waals surface area contributed by atoms with Crippen molar-refractivity contribution >= 4 is 11.6 Å². The highest BCUT2D eigenvalue weighted by atomic mass is 16.5. The molecule has 0 saturated carbocycles. The normalized spacial score (nSPS) is 12.3. The predicted octanol–water partition coefficient (Wildman–Crippen LogP) is 8.82. The molecular formula is C50H48N10O3. The van der Waals surface area contributed by atoms with Crippen LogP contribution in [0.2, 0.25) is 0 Å². The second kappa shape index (κ2) is 19.7. The molecule has 0 bridgehead atoms. The zero-order valence-corrected chi connectivity index (χ0v) is 35.9. The number of methoxy groups -OCH3 is 2. The van der Waals surface area contributed by atoms with E-state index in [4.69, 9.17) is 24.2 Å². The fourth-order valence-corrected chi connectivity index (χ4v) is 8.29. The summed E-state index contributed by atoms with van der Waals surface area (Å²) in [5.41, 5.74) is 12.7. The summed E-state index contributed by atoms with van der Waals surface area (Å²) in [6.45, 7) is 4.66. The molecule has 8 aromatic rings. The van der Waals surface area contributed by atoms with Crippen LogP contribution in [0, 0.1) is 22.7 Å². The van der Waals surface area contributed by atoms with E-state index in [2.05, 4.69) is 94.7 Å². The molecule has 0 fully saturated rings. The second-order valence-corrected chi connectivity index (χ2v) is 15.3. The highest BCUT2D eigenvalue weighted by Crippen LogP contribution is 2.32. The molecule has 316 valence electrons. The summed E-state index contributed by atoms with van der Waals surface area (Å²) in [5, 5.41) is 28.6. The van der Waals surface area contributed by atoms with Crippen molar-refractivity contribution < 1.29 is 14.2 Å². The largest absolute Gasteiger partial charge is 0.375 e. The molecule has 0 spiro atoms. The lowest BCUT2D eigenvalue weighted by atomic mass is 9.94. The third kappa shape index (κ3) is 8.94. The average molecular weight is 837 g/mol. The smallest absolute Gasteiger partial charge is 0.252 e. The predicted molar refractivity (Wildman–Crippen MR) is 239 cm³/mol. The van der Waals surface area contributed by atoms with Crippen LogP contribution in [0.4, 0.5) is 0 Å². The van der Waals surface area contributed by atoms with Gasteiger partial charge >= 0.3 is 0 Å². The van der Waals surface area contributed by atoms with E-state index in [-0.39, 0.29) is 13.2 Å². The molecule has 0 aliphatic heterocycles. The third-order valence-corrected chi connectivity index (χ3v) is 11.4. The van der Waals surface area contributed by atoms with Crippen LogP contribution in [0.25, 0.3) is 33.8 Å². The quantitative estimate of drug-likeness (QED) is 0.0812. The number of hydrogen-bond donors (Lipinski definition) is 0. The van der Waals surface area contributed by atoms with Gasteiger partial charge in [-0.05, 0) is 58.4 Å². The van der Waals surface area contributed by atoms with Gasteiger partial charge in [-0.2, -0.15) is 30.7 Å². The standard InChI is InChI=1S/C50H48N10O3/c1-5-11-43-41(25-33-17-21-35(22-18-33)39-15-9-7-13-37(39)27-51)47(57-49-53-31-55-59(43)49)45(61-3)29-63-30-46(62-4)48-42(44(12-6-2)60-50(58-48)54-32-56-60)26-34-19-23-36(24-20-34)40-16-10-8-14-38(40)28-52/h7-10,13-24,31-32,45-46H,5-6,11-12,25-26,29-30H2,1-4H3. The Labute approximate surface area is 366 Å². The SMILES string of the molecule is CCCc1c(Cc2ccc(-c3ccccc3C#N)cc2)c(C(COCC(OC)c2nc3ncnn3c(CCC)c2Cc2ccc(-c3ccccc3C#N)cc2)OC)nc2ncnn12. The van der Waals surface area contributed by atoms with Gasteiger partial charge in [0.05, 0.1) is 59.3 Å². The average Bonchev–Trinajstić information content (AvgIpc) is 4.01. The molecule has 4 heterocycles. The number of ether oxygens (including phenoxy) is 3. The van der Waals surface area contributed by atoms with E-state index in [9.17, 15) is 10.5 Å². The Hall–Kier alpha value is -7.16. The van der Waals surface area contributed by atoms with Gasteiger partial charge in [0.2, 0.25) is 0 Å². The number of aryl methyl sites for hydroxylation is 2. The van der Waals surface area contributed by atoms with Gasteiger partial charge in [-0.1, -0.05) is 112 Å². The van der Waals surface area contributed by atoms with Crippen molar-refractivity contribution in [3.8, 4) is 34.4 Å². The van der Waals surface area contributed by atoms with E-state index in [0.29, 0.717) is 35.5 Å². The summed E-state index contributed by atoms with van der Waals surface area (Å²) in [7, 11) is 3.34. The minimum absolute atomic E-state index is 0.187. The summed E-state index contributed by atoms with van der Waals surface area (Å²) in [5.74, 6) is 0.998. The number of nitriles is 2. The fourth-order valence-electron chi connectivity index (χ4n) is 8.29. The Bertz CT molecular complexity index is 2730. The molecule has 13 nitrogen and oxygen atoms in total. The molecular weight excluding hydrogens is 789 g/mol. The minimum atomic E-state index is -0.539. The van der Waals surface area contributed by atoms with E-state index in [1.807, 2.05) is 57.6 Å². The number of nitrogens with zero attached hydrogens (tertiary/aromatic N) is 10. The number of benzene rings is 4. The van der Waals surface area contributed by atoms with Crippen molar-refractivity contribution in [1.29, 1.82) is 10.5 Å². The van der Waals surface area contributed by atoms with Crippen LogP contribution >= 0.6 is 0 Å². The van der Waals surface area contributed by atoms with Crippen LogP contribution in [0.3, 0.4) is 0 Å². The first-order valence-electron chi connectivity index (χ1n) is 21.2. The summed E-state index contributed by atoms with van der Waals surface area (Å²) < 4.78 is 22.6. The molecule has 0 aliphatic carbocycles. The first-order valence-corrected chi connectivity index (χ1v) is 21.2.